The zero-order valence-electron chi connectivity index (χ0n) is 32.1. The topological polar surface area (TPSA) is 32.6 Å². The van der Waals surface area contributed by atoms with Crippen molar-refractivity contribution in [3.63, 3.8) is 0 Å². The molecule has 1 N–H and O–H groups in total. The van der Waals surface area contributed by atoms with Crippen LogP contribution in [0.3, 0.4) is 0 Å². The molecule has 0 saturated carbocycles. The van der Waals surface area contributed by atoms with E-state index in [1.165, 1.54) is 83.6 Å². The van der Waals surface area contributed by atoms with Gasteiger partial charge in [-0.25, -0.2) is 0 Å². The standard InChI is InChI=1S/C54H40N4/c1-33-20-29-50-52(56-33)44-31-43-40-13-4-8-18-47(40)54(45-16-6-2-11-38(45)39-12-3-7-17-46(39)54)48(43)32-51(44)57(50)36-25-21-34(22-26-36)35-23-27-37(28-24-35)58-49-19-9-5-14-41(49)42-15-10-30-55-53(42)58/h2-33,41-42,49,53,56H,1H3. The smallest absolute Gasteiger partial charge is 0.128 e. The molecule has 1 saturated heterocycles. The molecule has 6 aromatic carbocycles. The van der Waals surface area contributed by atoms with Gasteiger partial charge in [-0.05, 0) is 111 Å². The number of aromatic nitrogens is 1. The van der Waals surface area contributed by atoms with E-state index in [0.29, 0.717) is 17.9 Å². The Kier molecular flexibility index (Phi) is 6.56. The minimum absolute atomic E-state index is 0.120. The molecule has 4 nitrogen and oxygen atoms in total. The highest BCUT2D eigenvalue weighted by molar-refractivity contribution is 6.06. The molecule has 3 aliphatic heterocycles. The van der Waals surface area contributed by atoms with Crippen molar-refractivity contribution in [1.29, 1.82) is 0 Å². The largest absolute Gasteiger partial charge is 0.377 e. The lowest BCUT2D eigenvalue weighted by Gasteiger charge is -2.31. The van der Waals surface area contributed by atoms with Crippen LogP contribution < -0.4 is 10.2 Å². The summed E-state index contributed by atoms with van der Waals surface area (Å²) in [7, 11) is 0. The second-order valence-electron chi connectivity index (χ2n) is 16.7. The zero-order chi connectivity index (χ0) is 38.1. The fourth-order valence-corrected chi connectivity index (χ4v) is 11.5. The maximum absolute atomic E-state index is 4.95. The SMILES string of the molecule is CC1C=Cc2c(c3cc4c(cc3n2-c2ccc(-c3ccc(N5C6C=CC=CC6C6C=CC=NC65)cc3)cc2)C2(c3ccccc3-c3ccccc32)c2ccccc2-4)N1. The van der Waals surface area contributed by atoms with Crippen molar-refractivity contribution in [2.45, 2.75) is 30.6 Å². The summed E-state index contributed by atoms with van der Waals surface area (Å²) in [6.07, 6.45) is 20.2. The molecule has 1 spiro atoms. The van der Waals surface area contributed by atoms with Crippen molar-refractivity contribution in [3.8, 4) is 39.1 Å². The first-order valence-electron chi connectivity index (χ1n) is 20.7. The van der Waals surface area contributed by atoms with E-state index in [2.05, 4.69) is 204 Å². The highest BCUT2D eigenvalue weighted by Crippen LogP contribution is 2.63. The van der Waals surface area contributed by atoms with Gasteiger partial charge in [-0.15, -0.1) is 0 Å². The van der Waals surface area contributed by atoms with Gasteiger partial charge in [0.15, 0.2) is 0 Å². The van der Waals surface area contributed by atoms with Crippen LogP contribution in [-0.2, 0) is 5.41 Å². The fraction of sp³-hybridized carbons (Fsp3) is 0.130. The van der Waals surface area contributed by atoms with E-state index in [-0.39, 0.29) is 12.2 Å². The molecular formula is C54H40N4. The van der Waals surface area contributed by atoms with Gasteiger partial charge in [0.05, 0.1) is 28.4 Å². The van der Waals surface area contributed by atoms with Gasteiger partial charge in [0.1, 0.15) is 6.17 Å². The highest BCUT2D eigenvalue weighted by Gasteiger charge is 2.52. The monoisotopic (exact) mass is 744 g/mol. The van der Waals surface area contributed by atoms with Crippen molar-refractivity contribution in [1.82, 2.24) is 4.57 Å². The molecule has 13 rings (SSSR count). The number of dihydropyridines is 1. The Morgan fingerprint density at radius 1 is 0.569 bits per heavy atom. The van der Waals surface area contributed by atoms with Crippen molar-refractivity contribution in [2.24, 2.45) is 16.8 Å². The van der Waals surface area contributed by atoms with Gasteiger partial charge in [0.25, 0.3) is 0 Å². The fourth-order valence-electron chi connectivity index (χ4n) is 11.5. The lowest BCUT2D eigenvalue weighted by atomic mass is 9.70. The summed E-state index contributed by atoms with van der Waals surface area (Å²) in [6, 6.07) is 51.0. The van der Waals surface area contributed by atoms with Crippen molar-refractivity contribution < 1.29 is 0 Å². The maximum Gasteiger partial charge on any atom is 0.128 e. The third-order valence-electron chi connectivity index (χ3n) is 13.9. The number of anilines is 2. The van der Waals surface area contributed by atoms with Crippen LogP contribution in [0, 0.1) is 11.8 Å². The Hall–Kier alpha value is -6.91. The molecule has 5 unspecified atom stereocenters. The Morgan fingerprint density at radius 3 is 1.86 bits per heavy atom. The number of benzene rings is 6. The summed E-state index contributed by atoms with van der Waals surface area (Å²) in [4.78, 5) is 7.46. The van der Waals surface area contributed by atoms with Crippen LogP contribution >= 0.6 is 0 Å². The molecule has 7 aromatic rings. The number of allylic oxidation sites excluding steroid dienone is 3. The molecule has 0 amide bonds. The lowest BCUT2D eigenvalue weighted by Crippen LogP contribution is -2.36. The number of nitrogens with zero attached hydrogens (tertiary/aromatic N) is 3. The van der Waals surface area contributed by atoms with Crippen LogP contribution in [0.15, 0.2) is 181 Å². The number of rotatable bonds is 3. The molecular weight excluding hydrogens is 705 g/mol. The minimum Gasteiger partial charge on any atom is -0.377 e. The van der Waals surface area contributed by atoms with E-state index in [1.54, 1.807) is 0 Å². The van der Waals surface area contributed by atoms with Crippen LogP contribution in [0.4, 0.5) is 11.4 Å². The van der Waals surface area contributed by atoms with Gasteiger partial charge < -0.3 is 14.8 Å². The third kappa shape index (κ3) is 4.17. The lowest BCUT2D eigenvalue weighted by molar-refractivity contribution is 0.501. The van der Waals surface area contributed by atoms with E-state index in [0.717, 1.165) is 5.69 Å². The predicted molar refractivity (Wildman–Crippen MR) is 240 cm³/mol. The highest BCUT2D eigenvalue weighted by atomic mass is 15.3. The van der Waals surface area contributed by atoms with Crippen LogP contribution in [0.5, 0.6) is 0 Å². The maximum atomic E-state index is 4.95. The van der Waals surface area contributed by atoms with Gasteiger partial charge in [0, 0.05) is 40.9 Å². The molecule has 1 fully saturated rings. The second kappa shape index (κ2) is 11.8. The van der Waals surface area contributed by atoms with Crippen molar-refractivity contribution in [3.05, 3.63) is 204 Å². The molecule has 1 aromatic heterocycles. The number of hydrogen-bond donors (Lipinski definition) is 1. The number of hydrogen-bond acceptors (Lipinski definition) is 3. The number of nitrogens with one attached hydrogen (secondary N) is 1. The Morgan fingerprint density at radius 2 is 1.17 bits per heavy atom. The van der Waals surface area contributed by atoms with Crippen molar-refractivity contribution >= 4 is 34.6 Å². The van der Waals surface area contributed by atoms with Gasteiger partial charge in [0.2, 0.25) is 0 Å². The van der Waals surface area contributed by atoms with Gasteiger partial charge in [-0.2, -0.15) is 0 Å². The van der Waals surface area contributed by atoms with E-state index in [9.17, 15) is 0 Å². The average Bonchev–Trinajstić information content (AvgIpc) is 3.98. The van der Waals surface area contributed by atoms with E-state index in [1.807, 2.05) is 6.21 Å². The van der Waals surface area contributed by atoms with E-state index >= 15 is 0 Å². The molecule has 4 heterocycles. The molecule has 0 radical (unpaired) electrons. The number of aliphatic imine (C=N–C) groups is 1. The van der Waals surface area contributed by atoms with Crippen LogP contribution in [0.1, 0.15) is 34.9 Å². The molecule has 6 aliphatic rings. The minimum atomic E-state index is -0.392. The first-order chi connectivity index (χ1) is 28.7. The third-order valence-corrected chi connectivity index (χ3v) is 13.9. The summed E-state index contributed by atoms with van der Waals surface area (Å²) < 4.78 is 2.47. The van der Waals surface area contributed by atoms with Crippen molar-refractivity contribution in [2.75, 3.05) is 10.2 Å². The molecule has 276 valence electrons. The summed E-state index contributed by atoms with van der Waals surface area (Å²) in [5.74, 6) is 0.824. The van der Waals surface area contributed by atoms with Crippen LogP contribution in [0.25, 0.3) is 56.0 Å². The first-order valence-corrected chi connectivity index (χ1v) is 20.7. The van der Waals surface area contributed by atoms with E-state index in [4.69, 9.17) is 4.99 Å². The summed E-state index contributed by atoms with van der Waals surface area (Å²) in [5.41, 5.74) is 18.7. The van der Waals surface area contributed by atoms with Crippen LogP contribution in [0.2, 0.25) is 0 Å². The Labute approximate surface area is 338 Å². The Balaban J connectivity index is 0.939. The number of fused-ring (bicyclic) bond motifs is 16. The molecule has 0 bridgehead atoms. The second-order valence-corrected chi connectivity index (χ2v) is 16.7. The van der Waals surface area contributed by atoms with Gasteiger partial charge in [-0.1, -0.05) is 134 Å². The quantitative estimate of drug-likeness (QED) is 0.195. The Bertz CT molecular complexity index is 2950. The first kappa shape index (κ1) is 32.2. The molecule has 4 heteroatoms. The normalized spacial score (nSPS) is 23.0. The average molecular weight is 745 g/mol. The predicted octanol–water partition coefficient (Wildman–Crippen LogP) is 12.0. The summed E-state index contributed by atoms with van der Waals surface area (Å²) in [6.45, 7) is 2.23. The van der Waals surface area contributed by atoms with Gasteiger partial charge in [-0.3, -0.25) is 4.99 Å². The molecule has 58 heavy (non-hydrogen) atoms. The summed E-state index contributed by atoms with van der Waals surface area (Å²) in [5, 5.41) is 5.12. The van der Waals surface area contributed by atoms with Gasteiger partial charge >= 0.3 is 0 Å². The summed E-state index contributed by atoms with van der Waals surface area (Å²) >= 11 is 0. The zero-order valence-corrected chi connectivity index (χ0v) is 32.1. The molecule has 5 atom stereocenters. The molecule has 3 aliphatic carbocycles. The van der Waals surface area contributed by atoms with E-state index < -0.39 is 5.41 Å². The van der Waals surface area contributed by atoms with Crippen LogP contribution in [-0.4, -0.2) is 29.0 Å².